The lowest BCUT2D eigenvalue weighted by Gasteiger charge is -2.22. The van der Waals surface area contributed by atoms with Crippen LogP contribution in [0.5, 0.6) is 0 Å². The molecule has 0 radical (unpaired) electrons. The van der Waals surface area contributed by atoms with Gasteiger partial charge in [0.15, 0.2) is 0 Å². The molecule has 21 heavy (non-hydrogen) atoms. The van der Waals surface area contributed by atoms with Crippen molar-refractivity contribution in [2.24, 2.45) is 5.41 Å². The highest BCUT2D eigenvalue weighted by Crippen LogP contribution is 2.22. The number of sulfonamides is 1. The Hall–Kier alpha value is -1.10. The minimum atomic E-state index is -3.84. The van der Waals surface area contributed by atoms with Crippen LogP contribution in [0.2, 0.25) is 0 Å². The van der Waals surface area contributed by atoms with Gasteiger partial charge in [-0.05, 0) is 11.8 Å². The van der Waals surface area contributed by atoms with Crippen molar-refractivity contribution in [1.29, 1.82) is 0 Å². The number of nitrogens with one attached hydrogen (secondary N) is 2. The Morgan fingerprint density at radius 2 is 2.00 bits per heavy atom. The number of rotatable bonds is 6. The van der Waals surface area contributed by atoms with E-state index in [1.54, 1.807) is 0 Å². The van der Waals surface area contributed by atoms with Crippen molar-refractivity contribution >= 4 is 32.4 Å². The Labute approximate surface area is 128 Å². The molecule has 0 saturated carbocycles. The lowest BCUT2D eigenvalue weighted by atomic mass is 9.89. The van der Waals surface area contributed by atoms with Crippen LogP contribution in [0.4, 0.5) is 5.13 Å². The average molecular weight is 336 g/mol. The highest BCUT2D eigenvalue weighted by Gasteiger charge is 2.23. The van der Waals surface area contributed by atoms with Gasteiger partial charge in [0.2, 0.25) is 15.4 Å². The molecule has 1 aromatic rings. The minimum absolute atomic E-state index is 0.103. The van der Waals surface area contributed by atoms with E-state index in [0.717, 1.165) is 11.3 Å². The lowest BCUT2D eigenvalue weighted by molar-refractivity contribution is -0.114. The molecule has 0 aliphatic carbocycles. The third-order valence-corrected chi connectivity index (χ3v) is 4.91. The van der Waals surface area contributed by atoms with Crippen LogP contribution in [0, 0.1) is 5.41 Å². The molecule has 1 heterocycles. The molecule has 0 aliphatic heterocycles. The van der Waals surface area contributed by atoms with E-state index >= 15 is 0 Å². The first kappa shape index (κ1) is 18.0. The SMILES string of the molecule is CC(=O)Nc1nnc(S(=O)(=O)NCC(O)CC(C)(C)C)s1. The van der Waals surface area contributed by atoms with Gasteiger partial charge in [0.25, 0.3) is 10.0 Å². The summed E-state index contributed by atoms with van der Waals surface area (Å²) >= 11 is 0.747. The largest absolute Gasteiger partial charge is 0.392 e. The summed E-state index contributed by atoms with van der Waals surface area (Å²) in [5.74, 6) is -0.358. The van der Waals surface area contributed by atoms with Gasteiger partial charge in [-0.2, -0.15) is 0 Å². The number of hydrogen-bond acceptors (Lipinski definition) is 7. The van der Waals surface area contributed by atoms with Crippen molar-refractivity contribution in [3.63, 3.8) is 0 Å². The number of aromatic nitrogens is 2. The Bertz CT molecular complexity index is 592. The topological polar surface area (TPSA) is 121 Å². The Kier molecular flexibility index (Phi) is 5.79. The monoisotopic (exact) mass is 336 g/mol. The first-order valence-corrected chi connectivity index (χ1v) is 8.58. The molecule has 0 fully saturated rings. The molecule has 0 aliphatic rings. The van der Waals surface area contributed by atoms with E-state index in [1.165, 1.54) is 6.92 Å². The van der Waals surface area contributed by atoms with Gasteiger partial charge in [0.1, 0.15) is 0 Å². The van der Waals surface area contributed by atoms with Gasteiger partial charge in [-0.1, -0.05) is 32.1 Å². The van der Waals surface area contributed by atoms with Crippen LogP contribution < -0.4 is 10.0 Å². The summed E-state index contributed by atoms with van der Waals surface area (Å²) in [7, 11) is -3.84. The molecule has 1 atom stereocenters. The third-order valence-electron chi connectivity index (χ3n) is 2.28. The van der Waals surface area contributed by atoms with Crippen molar-refractivity contribution in [1.82, 2.24) is 14.9 Å². The number of anilines is 1. The van der Waals surface area contributed by atoms with Crippen LogP contribution in [0.25, 0.3) is 0 Å². The van der Waals surface area contributed by atoms with Crippen molar-refractivity contribution in [3.8, 4) is 0 Å². The van der Waals surface area contributed by atoms with E-state index in [4.69, 9.17) is 0 Å². The Morgan fingerprint density at radius 1 is 1.38 bits per heavy atom. The number of carbonyl (C=O) groups excluding carboxylic acids is 1. The molecule has 120 valence electrons. The maximum Gasteiger partial charge on any atom is 0.269 e. The molecular weight excluding hydrogens is 316 g/mol. The van der Waals surface area contributed by atoms with Crippen LogP contribution in [-0.2, 0) is 14.8 Å². The van der Waals surface area contributed by atoms with Gasteiger partial charge in [-0.15, -0.1) is 10.2 Å². The van der Waals surface area contributed by atoms with E-state index in [0.29, 0.717) is 6.42 Å². The van der Waals surface area contributed by atoms with Crippen LogP contribution >= 0.6 is 11.3 Å². The third kappa shape index (κ3) is 6.46. The van der Waals surface area contributed by atoms with Gasteiger partial charge in [-0.25, -0.2) is 13.1 Å². The summed E-state index contributed by atoms with van der Waals surface area (Å²) < 4.78 is 26.0. The second kappa shape index (κ2) is 6.77. The Balaban J connectivity index is 2.65. The molecule has 8 nitrogen and oxygen atoms in total. The van der Waals surface area contributed by atoms with Crippen molar-refractivity contribution in [2.45, 2.75) is 44.6 Å². The molecule has 0 aromatic carbocycles. The summed E-state index contributed by atoms with van der Waals surface area (Å²) in [4.78, 5) is 10.8. The summed E-state index contributed by atoms with van der Waals surface area (Å²) in [6.07, 6.45) is -0.328. The first-order valence-electron chi connectivity index (χ1n) is 6.28. The second-order valence-electron chi connectivity index (χ2n) is 5.82. The van der Waals surface area contributed by atoms with Gasteiger partial charge in [0.05, 0.1) is 6.10 Å². The molecule has 0 saturated heterocycles. The minimum Gasteiger partial charge on any atom is -0.392 e. The summed E-state index contributed by atoms with van der Waals surface area (Å²) in [5, 5.41) is 19.3. The number of aliphatic hydroxyl groups is 1. The van der Waals surface area contributed by atoms with E-state index in [1.807, 2.05) is 20.8 Å². The molecular formula is C11H20N4O4S2. The number of hydrogen-bond donors (Lipinski definition) is 3. The van der Waals surface area contributed by atoms with Gasteiger partial charge < -0.3 is 10.4 Å². The highest BCUT2D eigenvalue weighted by molar-refractivity contribution is 7.91. The van der Waals surface area contributed by atoms with Crippen LogP contribution in [-0.4, -0.2) is 42.3 Å². The fourth-order valence-electron chi connectivity index (χ4n) is 1.57. The van der Waals surface area contributed by atoms with Gasteiger partial charge in [0, 0.05) is 13.5 Å². The normalized spacial score (nSPS) is 14.0. The standard InChI is InChI=1S/C11H20N4O4S2/c1-7(16)13-9-14-15-10(20-9)21(18,19)12-6-8(17)5-11(2,3)4/h8,12,17H,5-6H2,1-4H3,(H,13,14,16). The molecule has 1 amide bonds. The van der Waals surface area contributed by atoms with E-state index in [-0.39, 0.29) is 27.3 Å². The zero-order valence-corrected chi connectivity index (χ0v) is 14.0. The second-order valence-corrected chi connectivity index (χ2v) is 8.74. The maximum absolute atomic E-state index is 12.0. The predicted octanol–water partition coefficient (Wildman–Crippen LogP) is 0.572. The van der Waals surface area contributed by atoms with Crippen molar-refractivity contribution < 1.29 is 18.3 Å². The molecule has 3 N–H and O–H groups in total. The molecule has 1 aromatic heterocycles. The fraction of sp³-hybridized carbons (Fsp3) is 0.727. The zero-order valence-electron chi connectivity index (χ0n) is 12.4. The zero-order chi connectivity index (χ0) is 16.3. The van der Waals surface area contributed by atoms with Crippen LogP contribution in [0.3, 0.4) is 0 Å². The van der Waals surface area contributed by atoms with Crippen molar-refractivity contribution in [2.75, 3.05) is 11.9 Å². The molecule has 0 bridgehead atoms. The number of nitrogens with zero attached hydrogens (tertiary/aromatic N) is 2. The number of aliphatic hydroxyl groups excluding tert-OH is 1. The average Bonchev–Trinajstić information content (AvgIpc) is 2.72. The summed E-state index contributed by atoms with van der Waals surface area (Å²) in [5.41, 5.74) is -0.105. The molecule has 0 spiro atoms. The molecule has 1 unspecified atom stereocenters. The van der Waals surface area contributed by atoms with Crippen LogP contribution in [0.15, 0.2) is 4.34 Å². The first-order chi connectivity index (χ1) is 9.49. The van der Waals surface area contributed by atoms with E-state index in [9.17, 15) is 18.3 Å². The smallest absolute Gasteiger partial charge is 0.269 e. The highest BCUT2D eigenvalue weighted by atomic mass is 32.2. The molecule has 10 heteroatoms. The number of amides is 1. The molecule has 1 rings (SSSR count). The summed E-state index contributed by atoms with van der Waals surface area (Å²) in [6.45, 7) is 7.05. The quantitative estimate of drug-likeness (QED) is 0.653. The number of carbonyl (C=O) groups is 1. The maximum atomic E-state index is 12.0. The predicted molar refractivity (Wildman–Crippen MR) is 79.5 cm³/mol. The van der Waals surface area contributed by atoms with Gasteiger partial charge >= 0.3 is 0 Å². The fourth-order valence-corrected chi connectivity index (χ4v) is 3.63. The van der Waals surface area contributed by atoms with Gasteiger partial charge in [-0.3, -0.25) is 4.79 Å². The van der Waals surface area contributed by atoms with E-state index in [2.05, 4.69) is 20.2 Å². The summed E-state index contributed by atoms with van der Waals surface area (Å²) in [6, 6.07) is 0. The van der Waals surface area contributed by atoms with Crippen LogP contribution in [0.1, 0.15) is 34.1 Å². The lowest BCUT2D eigenvalue weighted by Crippen LogP contribution is -2.34. The van der Waals surface area contributed by atoms with Crippen molar-refractivity contribution in [3.05, 3.63) is 0 Å². The Morgan fingerprint density at radius 3 is 2.52 bits per heavy atom. The van der Waals surface area contributed by atoms with E-state index < -0.39 is 16.1 Å².